The van der Waals surface area contributed by atoms with Crippen LogP contribution in [0.3, 0.4) is 0 Å². The molecule has 2 aromatic carbocycles. The molecule has 0 aromatic heterocycles. The first kappa shape index (κ1) is 21.0. The lowest BCUT2D eigenvalue weighted by atomic mass is 10.1. The molecule has 0 radical (unpaired) electrons. The number of ether oxygens (including phenoxy) is 2. The van der Waals surface area contributed by atoms with Crippen LogP contribution in [0.4, 0.5) is 0 Å². The predicted molar refractivity (Wildman–Crippen MR) is 119 cm³/mol. The van der Waals surface area contributed by atoms with Crippen molar-refractivity contribution in [2.75, 3.05) is 33.3 Å². The van der Waals surface area contributed by atoms with Gasteiger partial charge in [0.25, 0.3) is 5.91 Å². The monoisotopic (exact) mass is 428 g/mol. The molecule has 0 spiro atoms. The average Bonchev–Trinajstić information content (AvgIpc) is 3.33. The van der Waals surface area contributed by atoms with Gasteiger partial charge in [0.2, 0.25) is 0 Å². The van der Waals surface area contributed by atoms with Crippen molar-refractivity contribution < 1.29 is 14.3 Å². The Balaban J connectivity index is 1.38. The highest BCUT2D eigenvalue weighted by atomic mass is 35.5. The quantitative estimate of drug-likeness (QED) is 0.672. The number of hydrogen-bond donors (Lipinski definition) is 0. The van der Waals surface area contributed by atoms with E-state index in [1.165, 1.54) is 25.7 Å². The van der Waals surface area contributed by atoms with E-state index in [1.807, 2.05) is 35.2 Å². The summed E-state index contributed by atoms with van der Waals surface area (Å²) in [7, 11) is 1.59. The van der Waals surface area contributed by atoms with Crippen molar-refractivity contribution in [1.82, 2.24) is 9.80 Å². The van der Waals surface area contributed by atoms with Crippen LogP contribution in [-0.4, -0.2) is 55.0 Å². The molecule has 160 valence electrons. The van der Waals surface area contributed by atoms with Crippen LogP contribution in [0.15, 0.2) is 42.5 Å². The summed E-state index contributed by atoms with van der Waals surface area (Å²) in [6.07, 6.45) is 5.30. The highest BCUT2D eigenvalue weighted by Gasteiger charge is 2.28. The first-order chi connectivity index (χ1) is 14.7. The van der Waals surface area contributed by atoms with E-state index in [0.717, 1.165) is 37.8 Å². The molecule has 30 heavy (non-hydrogen) atoms. The highest BCUT2D eigenvalue weighted by molar-refractivity contribution is 6.31. The minimum absolute atomic E-state index is 0.0528. The van der Waals surface area contributed by atoms with Gasteiger partial charge in [-0.3, -0.25) is 9.69 Å². The van der Waals surface area contributed by atoms with E-state index in [-0.39, 0.29) is 5.91 Å². The molecular weight excluding hydrogens is 400 g/mol. The SMILES string of the molecule is COc1cc(C(=O)N2CCN(C3CCCC3)CC2)ccc1OCc1ccccc1Cl. The van der Waals surface area contributed by atoms with Crippen molar-refractivity contribution in [3.05, 3.63) is 58.6 Å². The molecule has 2 fully saturated rings. The molecule has 1 amide bonds. The van der Waals surface area contributed by atoms with Crippen molar-refractivity contribution in [2.45, 2.75) is 38.3 Å². The third-order valence-electron chi connectivity index (χ3n) is 6.19. The third kappa shape index (κ3) is 4.73. The van der Waals surface area contributed by atoms with Crippen molar-refractivity contribution in [3.63, 3.8) is 0 Å². The average molecular weight is 429 g/mol. The van der Waals surface area contributed by atoms with E-state index < -0.39 is 0 Å². The van der Waals surface area contributed by atoms with Crippen molar-refractivity contribution in [3.8, 4) is 11.5 Å². The zero-order chi connectivity index (χ0) is 20.9. The Morgan fingerprint density at radius 1 is 1.03 bits per heavy atom. The Kier molecular flexibility index (Phi) is 6.80. The largest absolute Gasteiger partial charge is 0.493 e. The predicted octanol–water partition coefficient (Wildman–Crippen LogP) is 4.63. The molecule has 1 heterocycles. The molecule has 1 aliphatic carbocycles. The smallest absolute Gasteiger partial charge is 0.254 e. The van der Waals surface area contributed by atoms with Crippen LogP contribution in [0.5, 0.6) is 11.5 Å². The molecule has 1 saturated carbocycles. The van der Waals surface area contributed by atoms with Gasteiger partial charge in [0, 0.05) is 48.4 Å². The lowest BCUT2D eigenvalue weighted by Gasteiger charge is -2.38. The first-order valence-corrected chi connectivity index (χ1v) is 11.1. The Bertz CT molecular complexity index is 875. The topological polar surface area (TPSA) is 42.0 Å². The number of nitrogens with zero attached hydrogens (tertiary/aromatic N) is 2. The number of benzene rings is 2. The van der Waals surface area contributed by atoms with Gasteiger partial charge in [-0.1, -0.05) is 42.6 Å². The number of carbonyl (C=O) groups is 1. The summed E-state index contributed by atoms with van der Waals surface area (Å²) < 4.78 is 11.4. The van der Waals surface area contributed by atoms with Crippen LogP contribution in [0.2, 0.25) is 5.02 Å². The number of methoxy groups -OCH3 is 1. The van der Waals surface area contributed by atoms with E-state index in [9.17, 15) is 4.79 Å². The molecule has 4 rings (SSSR count). The molecule has 1 saturated heterocycles. The van der Waals surface area contributed by atoms with Crippen molar-refractivity contribution >= 4 is 17.5 Å². The Hall–Kier alpha value is -2.24. The maximum atomic E-state index is 13.0. The second-order valence-corrected chi connectivity index (χ2v) is 8.42. The van der Waals surface area contributed by atoms with Crippen LogP contribution < -0.4 is 9.47 Å². The fourth-order valence-corrected chi connectivity index (χ4v) is 4.62. The number of rotatable bonds is 6. The Morgan fingerprint density at radius 2 is 1.77 bits per heavy atom. The van der Waals surface area contributed by atoms with Gasteiger partial charge in [0.05, 0.1) is 7.11 Å². The molecule has 2 aliphatic rings. The second-order valence-electron chi connectivity index (χ2n) is 8.01. The second kappa shape index (κ2) is 9.71. The summed E-state index contributed by atoms with van der Waals surface area (Å²) >= 11 is 6.20. The lowest BCUT2D eigenvalue weighted by molar-refractivity contribution is 0.0573. The Labute approximate surface area is 183 Å². The number of amides is 1. The normalized spacial score (nSPS) is 17.9. The van der Waals surface area contributed by atoms with Gasteiger partial charge in [-0.25, -0.2) is 0 Å². The molecule has 0 N–H and O–H groups in total. The maximum Gasteiger partial charge on any atom is 0.254 e. The number of piperazine rings is 1. The minimum atomic E-state index is 0.0528. The molecule has 6 heteroatoms. The number of hydrogen-bond acceptors (Lipinski definition) is 4. The van der Waals surface area contributed by atoms with Crippen molar-refractivity contribution in [2.24, 2.45) is 0 Å². The van der Waals surface area contributed by atoms with Crippen LogP contribution >= 0.6 is 11.6 Å². The summed E-state index contributed by atoms with van der Waals surface area (Å²) in [5.41, 5.74) is 1.53. The molecule has 2 aromatic rings. The summed E-state index contributed by atoms with van der Waals surface area (Å²) in [6, 6.07) is 13.7. The van der Waals surface area contributed by atoms with E-state index in [4.69, 9.17) is 21.1 Å². The standard InChI is InChI=1S/C24H29ClN2O3/c1-29-23-16-18(10-11-22(23)30-17-19-6-2-5-9-21(19)25)24(28)27-14-12-26(13-15-27)20-7-3-4-8-20/h2,5-6,9-11,16,20H,3-4,7-8,12-15,17H2,1H3. The molecule has 0 atom stereocenters. The summed E-state index contributed by atoms with van der Waals surface area (Å²) in [6.45, 7) is 3.83. The van der Waals surface area contributed by atoms with Crippen LogP contribution in [0, 0.1) is 0 Å². The number of carbonyl (C=O) groups excluding carboxylic acids is 1. The van der Waals surface area contributed by atoms with Crippen LogP contribution in [-0.2, 0) is 6.61 Å². The van der Waals surface area contributed by atoms with Crippen LogP contribution in [0.1, 0.15) is 41.6 Å². The molecule has 0 bridgehead atoms. The summed E-state index contributed by atoms with van der Waals surface area (Å²) in [5.74, 6) is 1.20. The van der Waals surface area contributed by atoms with E-state index in [2.05, 4.69) is 4.90 Å². The first-order valence-electron chi connectivity index (χ1n) is 10.7. The zero-order valence-corrected chi connectivity index (χ0v) is 18.2. The van der Waals surface area contributed by atoms with Gasteiger partial charge < -0.3 is 14.4 Å². The third-order valence-corrected chi connectivity index (χ3v) is 6.56. The maximum absolute atomic E-state index is 13.0. The van der Waals surface area contributed by atoms with Gasteiger partial charge in [-0.05, 0) is 37.1 Å². The van der Waals surface area contributed by atoms with E-state index >= 15 is 0 Å². The van der Waals surface area contributed by atoms with Crippen molar-refractivity contribution in [1.29, 1.82) is 0 Å². The fourth-order valence-electron chi connectivity index (χ4n) is 4.43. The van der Waals surface area contributed by atoms with Crippen LogP contribution in [0.25, 0.3) is 0 Å². The van der Waals surface area contributed by atoms with Gasteiger partial charge >= 0.3 is 0 Å². The van der Waals surface area contributed by atoms with Gasteiger partial charge in [-0.15, -0.1) is 0 Å². The fraction of sp³-hybridized carbons (Fsp3) is 0.458. The summed E-state index contributed by atoms with van der Waals surface area (Å²) in [5, 5.41) is 0.667. The molecule has 1 aliphatic heterocycles. The van der Waals surface area contributed by atoms with E-state index in [1.54, 1.807) is 19.2 Å². The minimum Gasteiger partial charge on any atom is -0.493 e. The van der Waals surface area contributed by atoms with E-state index in [0.29, 0.717) is 28.7 Å². The highest BCUT2D eigenvalue weighted by Crippen LogP contribution is 2.30. The Morgan fingerprint density at radius 3 is 2.47 bits per heavy atom. The van der Waals surface area contributed by atoms with Gasteiger partial charge in [-0.2, -0.15) is 0 Å². The lowest BCUT2D eigenvalue weighted by Crippen LogP contribution is -2.51. The molecular formula is C24H29ClN2O3. The van der Waals surface area contributed by atoms with Gasteiger partial charge in [0.1, 0.15) is 6.61 Å². The molecule has 0 unspecified atom stereocenters. The number of halogens is 1. The molecule has 5 nitrogen and oxygen atoms in total. The zero-order valence-electron chi connectivity index (χ0n) is 17.5. The summed E-state index contributed by atoms with van der Waals surface area (Å²) in [4.78, 5) is 17.5. The van der Waals surface area contributed by atoms with Gasteiger partial charge in [0.15, 0.2) is 11.5 Å².